The standard InChI is InChI=1S/C15H23N3O2/c1-11-4-5-13(15(19)20)14(16-11)18(3)10-12-6-8-17(2)9-7-12/h4-5,12H,6-10H2,1-3H3,(H,19,20). The van der Waals surface area contributed by atoms with E-state index in [1.807, 2.05) is 18.9 Å². The normalized spacial score (nSPS) is 17.1. The molecule has 0 amide bonds. The summed E-state index contributed by atoms with van der Waals surface area (Å²) in [5.41, 5.74) is 1.13. The first-order valence-electron chi connectivity index (χ1n) is 7.08. The number of aromatic nitrogens is 1. The van der Waals surface area contributed by atoms with Crippen molar-refractivity contribution in [1.82, 2.24) is 9.88 Å². The van der Waals surface area contributed by atoms with Crippen molar-refractivity contribution in [3.8, 4) is 0 Å². The first kappa shape index (κ1) is 14.8. The fraction of sp³-hybridized carbons (Fsp3) is 0.600. The Morgan fingerprint density at radius 2 is 2.10 bits per heavy atom. The highest BCUT2D eigenvalue weighted by atomic mass is 16.4. The van der Waals surface area contributed by atoms with Gasteiger partial charge in [-0.2, -0.15) is 0 Å². The van der Waals surface area contributed by atoms with Crippen LogP contribution in [0.15, 0.2) is 12.1 Å². The molecule has 0 aromatic carbocycles. The third-order valence-corrected chi connectivity index (χ3v) is 3.98. The van der Waals surface area contributed by atoms with Crippen LogP contribution in [-0.4, -0.2) is 54.7 Å². The lowest BCUT2D eigenvalue weighted by atomic mass is 9.96. The SMILES string of the molecule is Cc1ccc(C(=O)O)c(N(C)CC2CCN(C)CC2)n1. The van der Waals surface area contributed by atoms with Gasteiger partial charge in [0.1, 0.15) is 11.4 Å². The lowest BCUT2D eigenvalue weighted by Crippen LogP contribution is -2.36. The summed E-state index contributed by atoms with van der Waals surface area (Å²) in [5.74, 6) is 0.277. The fourth-order valence-electron chi connectivity index (χ4n) is 2.72. The topological polar surface area (TPSA) is 56.7 Å². The average molecular weight is 277 g/mol. The Morgan fingerprint density at radius 1 is 1.45 bits per heavy atom. The number of likely N-dealkylation sites (tertiary alicyclic amines) is 1. The highest BCUT2D eigenvalue weighted by Gasteiger charge is 2.21. The molecular weight excluding hydrogens is 254 g/mol. The third kappa shape index (κ3) is 3.48. The summed E-state index contributed by atoms with van der Waals surface area (Å²) in [6, 6.07) is 3.39. The zero-order chi connectivity index (χ0) is 14.7. The van der Waals surface area contributed by atoms with Gasteiger partial charge in [-0.1, -0.05) is 0 Å². The summed E-state index contributed by atoms with van der Waals surface area (Å²) in [7, 11) is 4.08. The Labute approximate surface area is 120 Å². The molecule has 20 heavy (non-hydrogen) atoms. The maximum Gasteiger partial charge on any atom is 0.339 e. The summed E-state index contributed by atoms with van der Waals surface area (Å²) in [6.07, 6.45) is 2.32. The van der Waals surface area contributed by atoms with Crippen LogP contribution in [0.25, 0.3) is 0 Å². The van der Waals surface area contributed by atoms with Gasteiger partial charge >= 0.3 is 5.97 Å². The second-order valence-corrected chi connectivity index (χ2v) is 5.76. The molecule has 0 saturated carbocycles. The minimum Gasteiger partial charge on any atom is -0.478 e. The van der Waals surface area contributed by atoms with Crippen LogP contribution in [0.2, 0.25) is 0 Å². The molecular formula is C15H23N3O2. The molecule has 1 aliphatic heterocycles. The Bertz CT molecular complexity index is 482. The molecule has 1 N–H and O–H groups in total. The van der Waals surface area contributed by atoms with Crippen LogP contribution in [0, 0.1) is 12.8 Å². The smallest absolute Gasteiger partial charge is 0.339 e. The van der Waals surface area contributed by atoms with Gasteiger partial charge in [-0.05, 0) is 58.0 Å². The number of pyridine rings is 1. The monoisotopic (exact) mass is 277 g/mol. The Balaban J connectivity index is 2.10. The van der Waals surface area contributed by atoms with Crippen LogP contribution < -0.4 is 4.90 Å². The van der Waals surface area contributed by atoms with Crippen molar-refractivity contribution in [2.24, 2.45) is 5.92 Å². The Morgan fingerprint density at radius 3 is 2.70 bits per heavy atom. The quantitative estimate of drug-likeness (QED) is 0.910. The number of aryl methyl sites for hydroxylation is 1. The van der Waals surface area contributed by atoms with E-state index in [1.165, 1.54) is 0 Å². The molecule has 5 nitrogen and oxygen atoms in total. The maximum absolute atomic E-state index is 11.3. The summed E-state index contributed by atoms with van der Waals surface area (Å²) in [5, 5.41) is 9.27. The van der Waals surface area contributed by atoms with Crippen LogP contribution in [0.3, 0.4) is 0 Å². The zero-order valence-corrected chi connectivity index (χ0v) is 12.5. The van der Waals surface area contributed by atoms with E-state index in [-0.39, 0.29) is 5.56 Å². The number of hydrogen-bond donors (Lipinski definition) is 1. The minimum atomic E-state index is -0.914. The minimum absolute atomic E-state index is 0.283. The number of carbonyl (C=O) groups is 1. The van der Waals surface area contributed by atoms with Crippen molar-refractivity contribution in [3.63, 3.8) is 0 Å². The van der Waals surface area contributed by atoms with E-state index in [1.54, 1.807) is 12.1 Å². The van der Waals surface area contributed by atoms with Crippen LogP contribution in [-0.2, 0) is 0 Å². The summed E-state index contributed by atoms with van der Waals surface area (Å²) < 4.78 is 0. The number of piperidine rings is 1. The average Bonchev–Trinajstić information content (AvgIpc) is 2.41. The van der Waals surface area contributed by atoms with Gasteiger partial charge in [0.15, 0.2) is 0 Å². The van der Waals surface area contributed by atoms with E-state index in [0.717, 1.165) is 38.2 Å². The second-order valence-electron chi connectivity index (χ2n) is 5.76. The van der Waals surface area contributed by atoms with Crippen molar-refractivity contribution in [2.75, 3.05) is 38.6 Å². The highest BCUT2D eigenvalue weighted by molar-refractivity contribution is 5.93. The number of anilines is 1. The van der Waals surface area contributed by atoms with E-state index >= 15 is 0 Å². The molecule has 5 heteroatoms. The largest absolute Gasteiger partial charge is 0.478 e. The van der Waals surface area contributed by atoms with E-state index in [9.17, 15) is 9.90 Å². The van der Waals surface area contributed by atoms with Crippen molar-refractivity contribution in [2.45, 2.75) is 19.8 Å². The van der Waals surface area contributed by atoms with Crippen LogP contribution in [0.1, 0.15) is 28.9 Å². The van der Waals surface area contributed by atoms with E-state index in [4.69, 9.17) is 0 Å². The molecule has 0 spiro atoms. The Kier molecular flexibility index (Phi) is 4.60. The van der Waals surface area contributed by atoms with Gasteiger partial charge in [0.25, 0.3) is 0 Å². The van der Waals surface area contributed by atoms with Gasteiger partial charge in [-0.25, -0.2) is 9.78 Å². The maximum atomic E-state index is 11.3. The molecule has 1 aromatic rings. The molecule has 0 aliphatic carbocycles. The summed E-state index contributed by atoms with van der Waals surface area (Å²) in [4.78, 5) is 20.0. The first-order valence-corrected chi connectivity index (χ1v) is 7.08. The van der Waals surface area contributed by atoms with Crippen molar-refractivity contribution >= 4 is 11.8 Å². The fourth-order valence-corrected chi connectivity index (χ4v) is 2.72. The predicted molar refractivity (Wildman–Crippen MR) is 79.4 cm³/mol. The molecule has 1 saturated heterocycles. The molecule has 1 aliphatic rings. The van der Waals surface area contributed by atoms with Crippen molar-refractivity contribution < 1.29 is 9.90 Å². The molecule has 0 bridgehead atoms. The van der Waals surface area contributed by atoms with Crippen LogP contribution >= 0.6 is 0 Å². The molecule has 0 atom stereocenters. The molecule has 110 valence electrons. The predicted octanol–water partition coefficient (Wildman–Crippen LogP) is 1.87. The molecule has 2 rings (SSSR count). The molecule has 0 radical (unpaired) electrons. The first-order chi connectivity index (χ1) is 9.47. The molecule has 2 heterocycles. The summed E-state index contributed by atoms with van der Waals surface area (Å²) in [6.45, 7) is 4.99. The second kappa shape index (κ2) is 6.22. The van der Waals surface area contributed by atoms with Crippen LogP contribution in [0.5, 0.6) is 0 Å². The van der Waals surface area contributed by atoms with Crippen LogP contribution in [0.4, 0.5) is 5.82 Å². The van der Waals surface area contributed by atoms with Gasteiger partial charge in [0.2, 0.25) is 0 Å². The lowest BCUT2D eigenvalue weighted by Gasteiger charge is -2.32. The molecule has 0 unspecified atom stereocenters. The van der Waals surface area contributed by atoms with Crippen molar-refractivity contribution in [1.29, 1.82) is 0 Å². The molecule has 1 fully saturated rings. The number of nitrogens with zero attached hydrogens (tertiary/aromatic N) is 3. The van der Waals surface area contributed by atoms with Gasteiger partial charge in [-0.3, -0.25) is 0 Å². The lowest BCUT2D eigenvalue weighted by molar-refractivity contribution is 0.0697. The number of carboxylic acids is 1. The van der Waals surface area contributed by atoms with Gasteiger partial charge in [-0.15, -0.1) is 0 Å². The van der Waals surface area contributed by atoms with Gasteiger partial charge < -0.3 is 14.9 Å². The summed E-state index contributed by atoms with van der Waals surface area (Å²) >= 11 is 0. The Hall–Kier alpha value is -1.62. The number of rotatable bonds is 4. The van der Waals surface area contributed by atoms with E-state index in [0.29, 0.717) is 11.7 Å². The van der Waals surface area contributed by atoms with Gasteiger partial charge in [0, 0.05) is 19.3 Å². The number of carboxylic acid groups (broad SMARTS) is 1. The number of aromatic carboxylic acids is 1. The highest BCUT2D eigenvalue weighted by Crippen LogP contribution is 2.22. The van der Waals surface area contributed by atoms with E-state index < -0.39 is 5.97 Å². The number of hydrogen-bond acceptors (Lipinski definition) is 4. The molecule has 1 aromatic heterocycles. The van der Waals surface area contributed by atoms with Gasteiger partial charge in [0.05, 0.1) is 0 Å². The zero-order valence-electron chi connectivity index (χ0n) is 12.5. The van der Waals surface area contributed by atoms with E-state index in [2.05, 4.69) is 16.9 Å². The third-order valence-electron chi connectivity index (χ3n) is 3.98. The van der Waals surface area contributed by atoms with Crippen molar-refractivity contribution in [3.05, 3.63) is 23.4 Å².